The maximum atomic E-state index is 12.7. The average Bonchev–Trinajstić information content (AvgIpc) is 2.73. The lowest BCUT2D eigenvalue weighted by atomic mass is 10.2. The third-order valence-corrected chi connectivity index (χ3v) is 6.21. The fourth-order valence-electron chi connectivity index (χ4n) is 2.85. The zero-order valence-electron chi connectivity index (χ0n) is 16.0. The van der Waals surface area contributed by atoms with Gasteiger partial charge in [0, 0.05) is 18.8 Å². The first-order valence-corrected chi connectivity index (χ1v) is 10.5. The van der Waals surface area contributed by atoms with Gasteiger partial charge < -0.3 is 14.8 Å². The van der Waals surface area contributed by atoms with Crippen LogP contribution in [0.15, 0.2) is 53.4 Å². The summed E-state index contributed by atoms with van der Waals surface area (Å²) >= 11 is 0. The van der Waals surface area contributed by atoms with Crippen molar-refractivity contribution in [2.45, 2.75) is 11.8 Å². The summed E-state index contributed by atoms with van der Waals surface area (Å²) in [5.74, 6) is -1.26. The molecule has 1 heterocycles. The molecule has 0 radical (unpaired) electrons. The van der Waals surface area contributed by atoms with Gasteiger partial charge in [0.2, 0.25) is 10.0 Å². The minimum atomic E-state index is -3.73. The number of aryl methyl sites for hydroxylation is 1. The molecular formula is C20H22N2O6S. The molecule has 0 aromatic heterocycles. The van der Waals surface area contributed by atoms with Crippen LogP contribution in [0.25, 0.3) is 0 Å². The molecular weight excluding hydrogens is 396 g/mol. The molecule has 1 N–H and O–H groups in total. The van der Waals surface area contributed by atoms with Crippen LogP contribution >= 0.6 is 0 Å². The maximum absolute atomic E-state index is 12.7. The number of hydrogen-bond donors (Lipinski definition) is 1. The van der Waals surface area contributed by atoms with Crippen LogP contribution in [0, 0.1) is 6.92 Å². The number of sulfonamides is 1. The fraction of sp³-hybridized carbons (Fsp3) is 0.300. The van der Waals surface area contributed by atoms with Gasteiger partial charge in [-0.2, -0.15) is 4.31 Å². The number of morpholine rings is 1. The van der Waals surface area contributed by atoms with Gasteiger partial charge in [-0.3, -0.25) is 4.79 Å². The number of nitrogens with one attached hydrogen (secondary N) is 1. The van der Waals surface area contributed by atoms with Crippen LogP contribution in [0.1, 0.15) is 15.9 Å². The van der Waals surface area contributed by atoms with E-state index >= 15 is 0 Å². The molecule has 1 saturated heterocycles. The van der Waals surface area contributed by atoms with Gasteiger partial charge in [0.25, 0.3) is 5.91 Å². The summed E-state index contributed by atoms with van der Waals surface area (Å²) < 4.78 is 36.9. The third-order valence-electron chi connectivity index (χ3n) is 4.31. The number of carbonyl (C=O) groups excluding carboxylic acids is 2. The molecule has 0 aliphatic carbocycles. The Balaban J connectivity index is 1.62. The van der Waals surface area contributed by atoms with E-state index in [-0.39, 0.29) is 23.5 Å². The van der Waals surface area contributed by atoms with Gasteiger partial charge in [0.1, 0.15) is 0 Å². The first-order valence-electron chi connectivity index (χ1n) is 9.08. The van der Waals surface area contributed by atoms with Crippen LogP contribution in [-0.2, 0) is 24.3 Å². The molecule has 2 aromatic carbocycles. The molecule has 1 amide bonds. The van der Waals surface area contributed by atoms with Crippen molar-refractivity contribution in [3.05, 3.63) is 59.7 Å². The molecule has 9 heteroatoms. The molecule has 0 atom stereocenters. The van der Waals surface area contributed by atoms with E-state index in [1.165, 1.54) is 28.6 Å². The second kappa shape index (κ2) is 9.17. The zero-order valence-corrected chi connectivity index (χ0v) is 16.8. The summed E-state index contributed by atoms with van der Waals surface area (Å²) in [7, 11) is -3.73. The van der Waals surface area contributed by atoms with Crippen molar-refractivity contribution in [3.63, 3.8) is 0 Å². The van der Waals surface area contributed by atoms with Gasteiger partial charge in [-0.25, -0.2) is 13.2 Å². The van der Waals surface area contributed by atoms with Crippen LogP contribution in [0.2, 0.25) is 0 Å². The fourth-order valence-corrected chi connectivity index (χ4v) is 4.31. The van der Waals surface area contributed by atoms with Crippen molar-refractivity contribution in [3.8, 4) is 0 Å². The molecule has 0 unspecified atom stereocenters. The Morgan fingerprint density at radius 2 is 1.83 bits per heavy atom. The van der Waals surface area contributed by atoms with E-state index in [0.29, 0.717) is 18.9 Å². The van der Waals surface area contributed by atoms with Gasteiger partial charge in [-0.15, -0.1) is 0 Å². The molecule has 0 saturated carbocycles. The number of carbonyl (C=O) groups is 2. The number of esters is 1. The summed E-state index contributed by atoms with van der Waals surface area (Å²) in [5, 5.41) is 2.64. The number of ether oxygens (including phenoxy) is 2. The summed E-state index contributed by atoms with van der Waals surface area (Å²) in [6.45, 7) is 2.60. The minimum absolute atomic E-state index is 0.00179. The molecule has 2 aromatic rings. The number of benzene rings is 2. The largest absolute Gasteiger partial charge is 0.452 e. The maximum Gasteiger partial charge on any atom is 0.338 e. The number of anilines is 1. The highest BCUT2D eigenvalue weighted by Crippen LogP contribution is 2.19. The molecule has 3 rings (SSSR count). The lowest BCUT2D eigenvalue weighted by Crippen LogP contribution is -2.40. The Labute approximate surface area is 169 Å². The Morgan fingerprint density at radius 3 is 2.55 bits per heavy atom. The van der Waals surface area contributed by atoms with E-state index in [9.17, 15) is 18.0 Å². The number of nitrogens with zero attached hydrogens (tertiary/aromatic N) is 1. The minimum Gasteiger partial charge on any atom is -0.452 e. The monoisotopic (exact) mass is 418 g/mol. The second-order valence-electron chi connectivity index (χ2n) is 6.54. The average molecular weight is 418 g/mol. The number of rotatable bonds is 6. The standard InChI is InChI=1S/C20H22N2O6S/c1-15-4-2-6-17(12-15)21-19(23)14-28-20(24)16-5-3-7-18(13-16)29(25,26)22-8-10-27-11-9-22/h2-7,12-13H,8-11,14H2,1H3,(H,21,23). The predicted octanol–water partition coefficient (Wildman–Crippen LogP) is 1.81. The lowest BCUT2D eigenvalue weighted by molar-refractivity contribution is -0.119. The Kier molecular flexibility index (Phi) is 6.63. The highest BCUT2D eigenvalue weighted by molar-refractivity contribution is 7.89. The highest BCUT2D eigenvalue weighted by atomic mass is 32.2. The molecule has 0 spiro atoms. The number of hydrogen-bond acceptors (Lipinski definition) is 6. The SMILES string of the molecule is Cc1cccc(NC(=O)COC(=O)c2cccc(S(=O)(=O)N3CCOCC3)c2)c1. The Morgan fingerprint density at radius 1 is 1.10 bits per heavy atom. The first kappa shape index (κ1) is 21.0. The summed E-state index contributed by atoms with van der Waals surface area (Å²) in [5.41, 5.74) is 1.64. The molecule has 1 aliphatic heterocycles. The third kappa shape index (κ3) is 5.41. The smallest absolute Gasteiger partial charge is 0.338 e. The molecule has 8 nitrogen and oxygen atoms in total. The normalized spacial score (nSPS) is 14.9. The molecule has 1 aliphatic rings. The quantitative estimate of drug-likeness (QED) is 0.718. The van der Waals surface area contributed by atoms with Gasteiger partial charge >= 0.3 is 5.97 Å². The Hall–Kier alpha value is -2.75. The topological polar surface area (TPSA) is 102 Å². The summed E-state index contributed by atoms with van der Waals surface area (Å²) in [6, 6.07) is 12.8. The van der Waals surface area contributed by atoms with E-state index in [4.69, 9.17) is 9.47 Å². The first-order chi connectivity index (χ1) is 13.9. The van der Waals surface area contributed by atoms with Crippen molar-refractivity contribution in [1.29, 1.82) is 0 Å². The van der Waals surface area contributed by atoms with Crippen molar-refractivity contribution in [2.24, 2.45) is 0 Å². The molecule has 154 valence electrons. The zero-order chi connectivity index (χ0) is 20.9. The predicted molar refractivity (Wildman–Crippen MR) is 106 cm³/mol. The van der Waals surface area contributed by atoms with Gasteiger partial charge in [0.15, 0.2) is 6.61 Å². The highest BCUT2D eigenvalue weighted by Gasteiger charge is 2.27. The van der Waals surface area contributed by atoms with Crippen LogP contribution in [-0.4, -0.2) is 57.5 Å². The summed E-state index contributed by atoms with van der Waals surface area (Å²) in [6.07, 6.45) is 0. The molecule has 1 fully saturated rings. The van der Waals surface area contributed by atoms with Gasteiger partial charge in [-0.05, 0) is 42.8 Å². The van der Waals surface area contributed by atoms with Crippen molar-refractivity contribution in [2.75, 3.05) is 38.2 Å². The van der Waals surface area contributed by atoms with E-state index < -0.39 is 28.5 Å². The second-order valence-corrected chi connectivity index (χ2v) is 8.48. The van der Waals surface area contributed by atoms with Crippen molar-refractivity contribution in [1.82, 2.24) is 4.31 Å². The van der Waals surface area contributed by atoms with E-state index in [1.54, 1.807) is 18.2 Å². The van der Waals surface area contributed by atoms with Crippen LogP contribution in [0.4, 0.5) is 5.69 Å². The van der Waals surface area contributed by atoms with E-state index in [0.717, 1.165) is 5.56 Å². The van der Waals surface area contributed by atoms with Crippen LogP contribution < -0.4 is 5.32 Å². The van der Waals surface area contributed by atoms with Crippen molar-refractivity contribution >= 4 is 27.6 Å². The van der Waals surface area contributed by atoms with Gasteiger partial charge in [-0.1, -0.05) is 18.2 Å². The summed E-state index contributed by atoms with van der Waals surface area (Å²) in [4.78, 5) is 24.3. The van der Waals surface area contributed by atoms with E-state index in [1.807, 2.05) is 13.0 Å². The lowest BCUT2D eigenvalue weighted by Gasteiger charge is -2.26. The van der Waals surface area contributed by atoms with E-state index in [2.05, 4.69) is 5.32 Å². The Bertz CT molecular complexity index is 1000. The van der Waals surface area contributed by atoms with Crippen LogP contribution in [0.3, 0.4) is 0 Å². The van der Waals surface area contributed by atoms with Gasteiger partial charge in [0.05, 0.1) is 23.7 Å². The van der Waals surface area contributed by atoms with Crippen molar-refractivity contribution < 1.29 is 27.5 Å². The number of amides is 1. The molecule has 29 heavy (non-hydrogen) atoms. The molecule has 0 bridgehead atoms. The van der Waals surface area contributed by atoms with Crippen LogP contribution in [0.5, 0.6) is 0 Å².